The van der Waals surface area contributed by atoms with E-state index in [-0.39, 0.29) is 65.8 Å². The van der Waals surface area contributed by atoms with E-state index in [1.54, 1.807) is 6.26 Å². The fourth-order valence-electron chi connectivity index (χ4n) is 8.13. The number of esters is 3. The maximum Gasteiger partial charge on any atom is 0.313 e. The van der Waals surface area contributed by atoms with Crippen LogP contribution in [-0.2, 0) is 42.8 Å². The van der Waals surface area contributed by atoms with E-state index in [1.165, 1.54) is 13.8 Å². The summed E-state index contributed by atoms with van der Waals surface area (Å²) >= 11 is 0. The average Bonchev–Trinajstić information content (AvgIpc) is 3.26. The normalized spacial score (nSPS) is 42.4. The van der Waals surface area contributed by atoms with E-state index in [4.69, 9.17) is 28.4 Å². The Kier molecular flexibility index (Phi) is 7.29. The fraction of sp³-hybridized carbons (Fsp3) is 0.828. The molecule has 0 aromatic carbocycles. The van der Waals surface area contributed by atoms with Crippen LogP contribution in [0.2, 0.25) is 0 Å². The number of ether oxygens (including phenoxy) is 6. The van der Waals surface area contributed by atoms with Gasteiger partial charge in [0.05, 0.1) is 31.0 Å². The summed E-state index contributed by atoms with van der Waals surface area (Å²) in [6.07, 6.45) is -0.122. The molecule has 13 atom stereocenters. The Hall–Kier alpha value is -2.17. The number of carbonyl (C=O) groups excluding carboxylic acids is 3. The molecule has 5 aliphatic rings. The van der Waals surface area contributed by atoms with E-state index in [2.05, 4.69) is 0 Å². The van der Waals surface area contributed by atoms with Crippen molar-refractivity contribution in [3.8, 4) is 0 Å². The van der Waals surface area contributed by atoms with Gasteiger partial charge in [0.25, 0.3) is 0 Å². The number of aliphatic hydroxyl groups excluding tert-OH is 1. The smallest absolute Gasteiger partial charge is 0.313 e. The van der Waals surface area contributed by atoms with Crippen molar-refractivity contribution in [2.45, 2.75) is 98.1 Å². The molecular formula is C29H42O10. The lowest BCUT2D eigenvalue weighted by atomic mass is 9.61. The van der Waals surface area contributed by atoms with Crippen molar-refractivity contribution < 1.29 is 47.9 Å². The van der Waals surface area contributed by atoms with Crippen molar-refractivity contribution in [1.82, 2.24) is 0 Å². The van der Waals surface area contributed by atoms with Gasteiger partial charge in [0.1, 0.15) is 18.3 Å². The quantitative estimate of drug-likeness (QED) is 0.320. The number of carbonyl (C=O) groups is 3. The summed E-state index contributed by atoms with van der Waals surface area (Å²) in [5, 5.41) is 11.4. The summed E-state index contributed by atoms with van der Waals surface area (Å²) < 4.78 is 35.6. The van der Waals surface area contributed by atoms with Gasteiger partial charge in [-0.2, -0.15) is 0 Å². The zero-order chi connectivity index (χ0) is 28.4. The minimum Gasteiger partial charge on any atom is -0.472 e. The summed E-state index contributed by atoms with van der Waals surface area (Å²) in [6.45, 7) is 12.9. The molecule has 39 heavy (non-hydrogen) atoms. The van der Waals surface area contributed by atoms with Crippen LogP contribution in [0.5, 0.6) is 0 Å². The number of aliphatic hydroxyl groups is 1. The first-order chi connectivity index (χ1) is 18.3. The Morgan fingerprint density at radius 2 is 1.62 bits per heavy atom. The summed E-state index contributed by atoms with van der Waals surface area (Å²) in [6, 6.07) is 0. The summed E-state index contributed by atoms with van der Waals surface area (Å²) in [5.74, 6) is -1.71. The number of hydrogen-bond donors (Lipinski definition) is 1. The zero-order valence-electron chi connectivity index (χ0n) is 23.9. The third-order valence-electron chi connectivity index (χ3n) is 10.3. The van der Waals surface area contributed by atoms with Crippen LogP contribution >= 0.6 is 0 Å². The summed E-state index contributed by atoms with van der Waals surface area (Å²) in [7, 11) is 0. The molecule has 1 saturated heterocycles. The van der Waals surface area contributed by atoms with E-state index in [0.29, 0.717) is 26.1 Å². The van der Waals surface area contributed by atoms with Gasteiger partial charge < -0.3 is 33.5 Å². The molecule has 1 N–H and O–H groups in total. The van der Waals surface area contributed by atoms with Crippen molar-refractivity contribution in [3.63, 3.8) is 0 Å². The van der Waals surface area contributed by atoms with Gasteiger partial charge in [0.2, 0.25) is 6.29 Å². The lowest BCUT2D eigenvalue weighted by Crippen LogP contribution is -2.58. The Morgan fingerprint density at radius 3 is 2.21 bits per heavy atom. The molecule has 0 aromatic rings. The molecule has 0 amide bonds. The van der Waals surface area contributed by atoms with Crippen LogP contribution in [0.3, 0.4) is 0 Å². The van der Waals surface area contributed by atoms with E-state index in [9.17, 15) is 19.5 Å². The zero-order valence-corrected chi connectivity index (χ0v) is 23.9. The molecule has 0 aromatic heterocycles. The van der Waals surface area contributed by atoms with Crippen LogP contribution in [0.4, 0.5) is 0 Å². The second-order valence-corrected chi connectivity index (χ2v) is 12.6. The number of hydrogen-bond acceptors (Lipinski definition) is 10. The van der Waals surface area contributed by atoms with Gasteiger partial charge in [-0.05, 0) is 33.6 Å². The predicted octanol–water partition coefficient (Wildman–Crippen LogP) is 2.75. The maximum atomic E-state index is 13.5. The SMILES string of the molecule is CC(=O)O[C@H](C)[C@H](C)CO[C@@H]1OC=C2[C@H]3OC(=O)[C@]4(C)[C@@H](C[C@]25C1C[C@@H](O)[C@@H]45)[C@@H]3OC[C@@H](C)[C@@H](C)OC(C)=O. The average molecular weight is 551 g/mol. The first-order valence-electron chi connectivity index (χ1n) is 14.1. The molecule has 10 heteroatoms. The topological polar surface area (TPSA) is 127 Å². The molecule has 3 aliphatic carbocycles. The molecule has 2 heterocycles. The second kappa shape index (κ2) is 10.0. The van der Waals surface area contributed by atoms with Crippen LogP contribution in [-0.4, -0.2) is 73.0 Å². The van der Waals surface area contributed by atoms with Crippen molar-refractivity contribution in [2.75, 3.05) is 13.2 Å². The van der Waals surface area contributed by atoms with E-state index in [0.717, 1.165) is 5.57 Å². The molecule has 1 unspecified atom stereocenters. The van der Waals surface area contributed by atoms with Crippen LogP contribution in [0.15, 0.2) is 11.8 Å². The first kappa shape index (κ1) is 28.4. The second-order valence-electron chi connectivity index (χ2n) is 12.6. The third-order valence-corrected chi connectivity index (χ3v) is 10.3. The highest BCUT2D eigenvalue weighted by Gasteiger charge is 2.81. The molecule has 10 nitrogen and oxygen atoms in total. The summed E-state index contributed by atoms with van der Waals surface area (Å²) in [5.41, 5.74) is -0.527. The maximum absolute atomic E-state index is 13.5. The number of fused-ring (bicyclic) bond motifs is 3. The van der Waals surface area contributed by atoms with Gasteiger partial charge in [-0.15, -0.1) is 0 Å². The van der Waals surface area contributed by atoms with Crippen molar-refractivity contribution in [2.24, 2.45) is 40.4 Å². The molecule has 218 valence electrons. The molecule has 2 aliphatic heterocycles. The van der Waals surface area contributed by atoms with Crippen LogP contribution in [0.1, 0.15) is 61.3 Å². The largest absolute Gasteiger partial charge is 0.472 e. The van der Waals surface area contributed by atoms with E-state index < -0.39 is 29.3 Å². The minimum absolute atomic E-state index is 0.0575. The Bertz CT molecular complexity index is 1040. The highest BCUT2D eigenvalue weighted by atomic mass is 16.7. The highest BCUT2D eigenvalue weighted by Crippen LogP contribution is 2.77. The Morgan fingerprint density at radius 1 is 1.03 bits per heavy atom. The predicted molar refractivity (Wildman–Crippen MR) is 136 cm³/mol. The van der Waals surface area contributed by atoms with Gasteiger partial charge in [-0.1, -0.05) is 13.8 Å². The fourth-order valence-corrected chi connectivity index (χ4v) is 8.13. The summed E-state index contributed by atoms with van der Waals surface area (Å²) in [4.78, 5) is 36.3. The molecule has 1 spiro atoms. The van der Waals surface area contributed by atoms with Gasteiger partial charge in [0, 0.05) is 54.4 Å². The van der Waals surface area contributed by atoms with Crippen molar-refractivity contribution >= 4 is 17.9 Å². The standard InChI is InChI=1S/C29H42O10/c1-13(15(3)37-17(5)30)10-34-23-20-9-29-19-8-22(32)25(29)28(20,7)27(33)39-24(23)21(29)12-36-26(19)35-11-14(2)16(4)38-18(6)31/h12-16,19-20,22-26,32H,8-11H2,1-7H3/t13-,14-,15-,16-,19?,20+,22-,23+,24-,25+,26-,28-,29+/m1/s1. The molecule has 4 fully saturated rings. The lowest BCUT2D eigenvalue weighted by molar-refractivity contribution is -0.214. The molecular weight excluding hydrogens is 508 g/mol. The van der Waals surface area contributed by atoms with Gasteiger partial charge in [-0.3, -0.25) is 14.4 Å². The van der Waals surface area contributed by atoms with Crippen LogP contribution in [0, 0.1) is 40.4 Å². The molecule has 0 radical (unpaired) electrons. The van der Waals surface area contributed by atoms with E-state index >= 15 is 0 Å². The van der Waals surface area contributed by atoms with Gasteiger partial charge in [0.15, 0.2) is 6.10 Å². The molecule has 3 saturated carbocycles. The van der Waals surface area contributed by atoms with Crippen LogP contribution < -0.4 is 0 Å². The highest BCUT2D eigenvalue weighted by molar-refractivity contribution is 5.82. The van der Waals surface area contributed by atoms with Gasteiger partial charge in [-0.25, -0.2) is 0 Å². The van der Waals surface area contributed by atoms with Crippen molar-refractivity contribution in [1.29, 1.82) is 0 Å². The number of rotatable bonds is 10. The Balaban J connectivity index is 1.39. The lowest BCUT2D eigenvalue weighted by Gasteiger charge is -2.51. The third kappa shape index (κ3) is 4.28. The van der Waals surface area contributed by atoms with Crippen molar-refractivity contribution in [3.05, 3.63) is 11.8 Å². The minimum atomic E-state index is -0.908. The van der Waals surface area contributed by atoms with Crippen LogP contribution in [0.25, 0.3) is 0 Å². The molecule has 3 bridgehead atoms. The van der Waals surface area contributed by atoms with Gasteiger partial charge >= 0.3 is 17.9 Å². The monoisotopic (exact) mass is 550 g/mol. The Labute approximate surface area is 229 Å². The van der Waals surface area contributed by atoms with E-state index in [1.807, 2.05) is 34.6 Å². The molecule has 5 rings (SSSR count). The first-order valence-corrected chi connectivity index (χ1v) is 14.1.